The Morgan fingerprint density at radius 3 is 2.48 bits per heavy atom. The van der Waals surface area contributed by atoms with Crippen molar-refractivity contribution in [2.24, 2.45) is 0 Å². The van der Waals surface area contributed by atoms with Crippen molar-refractivity contribution < 1.29 is 4.52 Å². The highest BCUT2D eigenvalue weighted by molar-refractivity contribution is 5.46. The van der Waals surface area contributed by atoms with E-state index in [4.69, 9.17) is 4.52 Å². The summed E-state index contributed by atoms with van der Waals surface area (Å²) in [5.41, 5.74) is 1.98. The summed E-state index contributed by atoms with van der Waals surface area (Å²) in [4.78, 5) is 6.49. The summed E-state index contributed by atoms with van der Waals surface area (Å²) in [6.07, 6.45) is 1.12. The predicted molar refractivity (Wildman–Crippen MR) is 83.9 cm³/mol. The molecule has 0 bridgehead atoms. The van der Waals surface area contributed by atoms with E-state index < -0.39 is 0 Å². The molecule has 3 rings (SSSR count). The zero-order valence-corrected chi connectivity index (χ0v) is 14.1. The second kappa shape index (κ2) is 8.56. The van der Waals surface area contributed by atoms with E-state index in [1.54, 1.807) is 0 Å². The number of nitrogens with zero attached hydrogens (tertiary/aromatic N) is 5. The van der Waals surface area contributed by atoms with E-state index in [9.17, 15) is 0 Å². The lowest BCUT2D eigenvalue weighted by Crippen LogP contribution is -2.16. The van der Waals surface area contributed by atoms with Gasteiger partial charge in [0, 0.05) is 19.6 Å². The Kier molecular flexibility index (Phi) is 7.08. The second-order valence-corrected chi connectivity index (χ2v) is 4.48. The number of aryl methyl sites for hydroxylation is 2. The number of hydrogen-bond acceptors (Lipinski definition) is 5. The van der Waals surface area contributed by atoms with Gasteiger partial charge in [0.05, 0.1) is 5.69 Å². The molecule has 0 aliphatic carbocycles. The van der Waals surface area contributed by atoms with Gasteiger partial charge in [0.15, 0.2) is 11.5 Å². The Morgan fingerprint density at radius 1 is 1.14 bits per heavy atom. The van der Waals surface area contributed by atoms with Crippen molar-refractivity contribution in [3.63, 3.8) is 0 Å². The van der Waals surface area contributed by atoms with Crippen LogP contribution in [0.15, 0.2) is 10.6 Å². The molecule has 0 amide bonds. The largest absolute Gasteiger partial charge is 0.332 e. The number of hydrogen-bond donors (Lipinski definition) is 0. The average Bonchev–Trinajstić information content (AvgIpc) is 3.06. The fourth-order valence-corrected chi connectivity index (χ4v) is 2.13. The van der Waals surface area contributed by atoms with Gasteiger partial charge in [0.1, 0.15) is 0 Å². The number of fused-ring (bicyclic) bond motifs is 1. The summed E-state index contributed by atoms with van der Waals surface area (Å²) in [6, 6.07) is 2.04. The monoisotopic (exact) mass is 293 g/mol. The zero-order valence-electron chi connectivity index (χ0n) is 14.1. The minimum Gasteiger partial charge on any atom is -0.332 e. The summed E-state index contributed by atoms with van der Waals surface area (Å²) in [5, 5.41) is 8.31. The van der Waals surface area contributed by atoms with Crippen molar-refractivity contribution in [1.29, 1.82) is 0 Å². The highest BCUT2D eigenvalue weighted by Crippen LogP contribution is 2.19. The Labute approximate surface area is 127 Å². The van der Waals surface area contributed by atoms with Crippen molar-refractivity contribution >= 4 is 0 Å². The van der Waals surface area contributed by atoms with E-state index in [0.717, 1.165) is 31.7 Å². The van der Waals surface area contributed by atoms with Gasteiger partial charge in [-0.3, -0.25) is 4.68 Å². The van der Waals surface area contributed by atoms with Crippen LogP contribution < -0.4 is 0 Å². The molecule has 2 aromatic rings. The molecule has 21 heavy (non-hydrogen) atoms. The van der Waals surface area contributed by atoms with Crippen LogP contribution in [0.1, 0.15) is 45.6 Å². The smallest absolute Gasteiger partial charge is 0.278 e. The third kappa shape index (κ3) is 4.39. The topological polar surface area (TPSA) is 60.0 Å². The van der Waals surface area contributed by atoms with Gasteiger partial charge in [0.2, 0.25) is 0 Å². The van der Waals surface area contributed by atoms with Crippen LogP contribution in [0.4, 0.5) is 0 Å². The lowest BCUT2D eigenvalue weighted by Gasteiger charge is -2.10. The van der Waals surface area contributed by atoms with E-state index in [0.29, 0.717) is 11.7 Å². The summed E-state index contributed by atoms with van der Waals surface area (Å²) in [6.45, 7) is 12.8. The maximum Gasteiger partial charge on any atom is 0.278 e. The van der Waals surface area contributed by atoms with Crippen molar-refractivity contribution in [3.8, 4) is 11.6 Å². The maximum atomic E-state index is 5.14. The molecular formula is C15H27N5O. The molecule has 0 aromatic carbocycles. The van der Waals surface area contributed by atoms with Crippen molar-refractivity contribution in [2.75, 3.05) is 13.6 Å². The summed E-state index contributed by atoms with van der Waals surface area (Å²) < 4.78 is 7.18. The molecular weight excluding hydrogens is 266 g/mol. The molecule has 0 fully saturated rings. The number of aromatic nitrogens is 4. The molecule has 0 saturated carbocycles. The van der Waals surface area contributed by atoms with E-state index >= 15 is 0 Å². The van der Waals surface area contributed by atoms with E-state index in [2.05, 4.69) is 27.2 Å². The van der Waals surface area contributed by atoms with Crippen molar-refractivity contribution in [1.82, 2.24) is 24.8 Å². The van der Waals surface area contributed by atoms with Gasteiger partial charge in [-0.1, -0.05) is 32.9 Å². The highest BCUT2D eigenvalue weighted by Gasteiger charge is 2.17. The third-order valence-corrected chi connectivity index (χ3v) is 2.95. The van der Waals surface area contributed by atoms with Crippen LogP contribution in [0.2, 0.25) is 0 Å². The molecule has 118 valence electrons. The molecule has 6 heteroatoms. The van der Waals surface area contributed by atoms with E-state index in [1.807, 2.05) is 45.4 Å². The van der Waals surface area contributed by atoms with Crippen LogP contribution in [-0.2, 0) is 13.1 Å². The van der Waals surface area contributed by atoms with Crippen LogP contribution in [0.25, 0.3) is 11.6 Å². The second-order valence-electron chi connectivity index (χ2n) is 4.48. The standard InChI is InChI=1S/C11H15N5O.2C2H6/c1-8-12-11(17-14-8)10-6-9-7-15(2)4-3-5-16(9)13-10;2*1-2/h6H,3-5,7H2,1-2H3;2*1-2H3. The normalized spacial score (nSPS) is 14.2. The SMILES string of the molecule is CC.CC.Cc1noc(-c2cc3n(n2)CCCN(C)C3)n1. The Morgan fingerprint density at radius 2 is 1.86 bits per heavy atom. The van der Waals surface area contributed by atoms with Gasteiger partial charge in [0.25, 0.3) is 5.89 Å². The molecule has 0 atom stereocenters. The molecule has 0 spiro atoms. The van der Waals surface area contributed by atoms with Gasteiger partial charge in [-0.15, -0.1) is 0 Å². The highest BCUT2D eigenvalue weighted by atomic mass is 16.5. The maximum absolute atomic E-state index is 5.14. The predicted octanol–water partition coefficient (Wildman–Crippen LogP) is 3.13. The first-order valence-corrected chi connectivity index (χ1v) is 7.78. The van der Waals surface area contributed by atoms with Crippen molar-refractivity contribution in [3.05, 3.63) is 17.6 Å². The summed E-state index contributed by atoms with van der Waals surface area (Å²) in [5.74, 6) is 1.14. The molecule has 0 radical (unpaired) electrons. The third-order valence-electron chi connectivity index (χ3n) is 2.95. The van der Waals surface area contributed by atoms with Gasteiger partial charge in [-0.25, -0.2) is 0 Å². The van der Waals surface area contributed by atoms with E-state index in [1.165, 1.54) is 5.69 Å². The molecule has 0 N–H and O–H groups in total. The van der Waals surface area contributed by atoms with Crippen LogP contribution in [0, 0.1) is 6.92 Å². The lowest BCUT2D eigenvalue weighted by atomic mass is 10.3. The Bertz CT molecular complexity index is 532. The van der Waals surface area contributed by atoms with Gasteiger partial charge >= 0.3 is 0 Å². The zero-order chi connectivity index (χ0) is 15.8. The molecule has 3 heterocycles. The summed E-state index contributed by atoms with van der Waals surface area (Å²) >= 11 is 0. The van der Waals surface area contributed by atoms with Crippen molar-refractivity contribution in [2.45, 2.75) is 54.1 Å². The van der Waals surface area contributed by atoms with Gasteiger partial charge < -0.3 is 9.42 Å². The minimum absolute atomic E-state index is 0.505. The van der Waals surface area contributed by atoms with Gasteiger partial charge in [-0.2, -0.15) is 10.1 Å². The molecule has 1 aliphatic rings. The van der Waals surface area contributed by atoms with Crippen LogP contribution in [0.5, 0.6) is 0 Å². The molecule has 6 nitrogen and oxygen atoms in total. The fourth-order valence-electron chi connectivity index (χ4n) is 2.13. The van der Waals surface area contributed by atoms with Crippen LogP contribution in [-0.4, -0.2) is 38.4 Å². The average molecular weight is 293 g/mol. The first-order chi connectivity index (χ1) is 10.2. The first kappa shape index (κ1) is 17.4. The number of rotatable bonds is 1. The molecule has 1 aliphatic heterocycles. The summed E-state index contributed by atoms with van der Waals surface area (Å²) in [7, 11) is 2.12. The Balaban J connectivity index is 0.000000510. The lowest BCUT2D eigenvalue weighted by molar-refractivity contribution is 0.332. The van der Waals surface area contributed by atoms with E-state index in [-0.39, 0.29) is 0 Å². The van der Waals surface area contributed by atoms with Crippen LogP contribution >= 0.6 is 0 Å². The quantitative estimate of drug-likeness (QED) is 0.808. The first-order valence-electron chi connectivity index (χ1n) is 7.78. The van der Waals surface area contributed by atoms with Crippen LogP contribution in [0.3, 0.4) is 0 Å². The fraction of sp³-hybridized carbons (Fsp3) is 0.667. The van der Waals surface area contributed by atoms with Gasteiger partial charge in [-0.05, 0) is 26.5 Å². The minimum atomic E-state index is 0.505. The Hall–Kier alpha value is -1.69. The molecule has 0 saturated heterocycles. The molecule has 2 aromatic heterocycles. The molecule has 0 unspecified atom stereocenters.